The van der Waals surface area contributed by atoms with Crippen molar-refractivity contribution >= 4 is 81.3 Å². The van der Waals surface area contributed by atoms with E-state index in [1.807, 2.05) is 49.4 Å². The molecule has 232 valence electrons. The number of nitrogens with zero attached hydrogens (tertiary/aromatic N) is 2. The van der Waals surface area contributed by atoms with E-state index in [4.69, 9.17) is 11.6 Å². The van der Waals surface area contributed by atoms with Gasteiger partial charge in [0.1, 0.15) is 10.9 Å². The second-order valence-corrected chi connectivity index (χ2v) is 13.2. The van der Waals surface area contributed by atoms with Gasteiger partial charge in [-0.3, -0.25) is 19.7 Å². The highest BCUT2D eigenvalue weighted by Crippen LogP contribution is 2.37. The molecule has 4 aromatic carbocycles. The van der Waals surface area contributed by atoms with E-state index in [0.717, 1.165) is 27.7 Å². The van der Waals surface area contributed by atoms with Gasteiger partial charge in [-0.15, -0.1) is 11.8 Å². The van der Waals surface area contributed by atoms with Crippen LogP contribution >= 0.6 is 46.7 Å². The summed E-state index contributed by atoms with van der Waals surface area (Å²) in [6.45, 7) is 2.02. The van der Waals surface area contributed by atoms with Gasteiger partial charge in [0.15, 0.2) is 0 Å². The van der Waals surface area contributed by atoms with E-state index in [9.17, 15) is 14.4 Å². The summed E-state index contributed by atoms with van der Waals surface area (Å²) in [7, 11) is 0. The summed E-state index contributed by atoms with van der Waals surface area (Å²) in [6.07, 6.45) is 1.54. The molecule has 0 saturated heterocycles. The smallest absolute Gasteiger partial charge is 0.272 e. The Kier molecular flexibility index (Phi) is 11.6. The molecule has 1 unspecified atom stereocenters. The van der Waals surface area contributed by atoms with E-state index in [0.29, 0.717) is 32.1 Å². The summed E-state index contributed by atoms with van der Waals surface area (Å²) in [6, 6.07) is 32.3. The highest BCUT2D eigenvalue weighted by molar-refractivity contribution is 8.00. The number of halogens is 1. The van der Waals surface area contributed by atoms with E-state index in [-0.39, 0.29) is 11.6 Å². The molecule has 0 aliphatic rings. The monoisotopic (exact) mass is 685 g/mol. The van der Waals surface area contributed by atoms with Crippen LogP contribution in [0.5, 0.6) is 0 Å². The number of thioether (sulfide) groups is 2. The van der Waals surface area contributed by atoms with Crippen LogP contribution in [0.15, 0.2) is 125 Å². The van der Waals surface area contributed by atoms with Gasteiger partial charge in [-0.1, -0.05) is 97.0 Å². The Morgan fingerprint density at radius 1 is 0.870 bits per heavy atom. The number of hydrogen-bond acceptors (Lipinski definition) is 8. The molecule has 0 aliphatic carbocycles. The second-order valence-electron chi connectivity index (χ2n) is 9.59. The number of amides is 3. The van der Waals surface area contributed by atoms with Crippen LogP contribution in [0.3, 0.4) is 0 Å². The summed E-state index contributed by atoms with van der Waals surface area (Å²) >= 11 is 10.4. The summed E-state index contributed by atoms with van der Waals surface area (Å²) in [5, 5.41) is 9.42. The predicted molar refractivity (Wildman–Crippen MR) is 188 cm³/mol. The van der Waals surface area contributed by atoms with Crippen LogP contribution in [0.25, 0.3) is 6.08 Å². The first kappa shape index (κ1) is 33.0. The number of carbonyl (C=O) groups excluding carboxylic acids is 3. The quantitative estimate of drug-likeness (QED) is 0.0897. The number of rotatable bonds is 12. The molecule has 0 bridgehead atoms. The number of hydrogen-bond donors (Lipinski definition) is 3. The van der Waals surface area contributed by atoms with Gasteiger partial charge < -0.3 is 10.6 Å². The third kappa shape index (κ3) is 9.07. The first-order valence-corrected chi connectivity index (χ1v) is 17.1. The van der Waals surface area contributed by atoms with Crippen LogP contribution < -0.4 is 16.0 Å². The van der Waals surface area contributed by atoms with Crippen LogP contribution in [0.1, 0.15) is 33.7 Å². The van der Waals surface area contributed by atoms with Crippen molar-refractivity contribution in [2.75, 3.05) is 16.4 Å². The average Bonchev–Trinajstić information content (AvgIpc) is 3.52. The van der Waals surface area contributed by atoms with E-state index < -0.39 is 17.1 Å². The molecule has 3 amide bonds. The SMILES string of the molecule is CCSc1nsc(NC(=O)C(Sc2ccc(NC(=O)/C(=C/c3ccccc3Cl)NC(=O)c3ccccc3)cc2)c2ccccc2)n1. The number of benzene rings is 4. The van der Waals surface area contributed by atoms with Gasteiger partial charge in [0.05, 0.1) is 0 Å². The molecule has 1 heterocycles. The molecule has 0 spiro atoms. The molecule has 12 heteroatoms. The van der Waals surface area contributed by atoms with Crippen LogP contribution in [0.2, 0.25) is 5.02 Å². The molecular formula is C34H28ClN5O3S3. The van der Waals surface area contributed by atoms with Crippen molar-refractivity contribution in [2.24, 2.45) is 0 Å². The van der Waals surface area contributed by atoms with Gasteiger partial charge in [-0.2, -0.15) is 9.36 Å². The summed E-state index contributed by atoms with van der Waals surface area (Å²) in [5.41, 5.74) is 2.35. The third-order valence-electron chi connectivity index (χ3n) is 6.35. The first-order chi connectivity index (χ1) is 22.4. The van der Waals surface area contributed by atoms with Crippen molar-refractivity contribution in [2.45, 2.75) is 22.2 Å². The molecular weight excluding hydrogens is 658 g/mol. The molecule has 0 saturated carbocycles. The standard InChI is InChI=1S/C34H28ClN5O3S3/c1-2-44-34-39-33(46-40-34)38-32(43)29(22-11-5-3-6-12-22)45-26-19-17-25(18-20-26)36-31(42)28(21-24-15-9-10-16-27(24)35)37-30(41)23-13-7-4-8-14-23/h3-21,29H,2H2,1H3,(H,36,42)(H,37,41)(H,38,39,40,43)/b28-21-. The molecule has 5 rings (SSSR count). The average molecular weight is 686 g/mol. The minimum Gasteiger partial charge on any atom is -0.321 e. The Labute approximate surface area is 284 Å². The molecule has 3 N–H and O–H groups in total. The van der Waals surface area contributed by atoms with E-state index in [2.05, 4.69) is 25.3 Å². The Bertz CT molecular complexity index is 1830. The summed E-state index contributed by atoms with van der Waals surface area (Å²) in [5.74, 6) is -0.338. The highest BCUT2D eigenvalue weighted by atomic mass is 35.5. The van der Waals surface area contributed by atoms with Crippen LogP contribution in [0.4, 0.5) is 10.8 Å². The normalized spacial score (nSPS) is 11.8. The maximum Gasteiger partial charge on any atom is 0.272 e. The Hall–Kier alpha value is -4.42. The first-order valence-electron chi connectivity index (χ1n) is 14.1. The van der Waals surface area contributed by atoms with Crippen LogP contribution in [0, 0.1) is 0 Å². The fraction of sp³-hybridized carbons (Fsp3) is 0.0882. The van der Waals surface area contributed by atoms with Crippen molar-refractivity contribution in [3.63, 3.8) is 0 Å². The summed E-state index contributed by atoms with van der Waals surface area (Å²) in [4.78, 5) is 45.0. The van der Waals surface area contributed by atoms with Crippen LogP contribution in [-0.4, -0.2) is 32.8 Å². The molecule has 5 aromatic rings. The number of aromatic nitrogens is 2. The van der Waals surface area contributed by atoms with Crippen LogP contribution in [-0.2, 0) is 9.59 Å². The zero-order valence-corrected chi connectivity index (χ0v) is 27.7. The predicted octanol–water partition coefficient (Wildman–Crippen LogP) is 8.19. The van der Waals surface area contributed by atoms with Gasteiger partial charge in [0.25, 0.3) is 11.8 Å². The van der Waals surface area contributed by atoms with Gasteiger partial charge in [-0.25, -0.2) is 0 Å². The minimum absolute atomic E-state index is 0.0263. The van der Waals surface area contributed by atoms with Crippen molar-refractivity contribution in [1.82, 2.24) is 14.7 Å². The third-order valence-corrected chi connectivity index (χ3v) is 9.44. The van der Waals surface area contributed by atoms with Gasteiger partial charge >= 0.3 is 0 Å². The Morgan fingerprint density at radius 2 is 1.54 bits per heavy atom. The number of nitrogens with one attached hydrogen (secondary N) is 3. The lowest BCUT2D eigenvalue weighted by Gasteiger charge is -2.16. The topological polar surface area (TPSA) is 113 Å². The van der Waals surface area contributed by atoms with Crippen molar-refractivity contribution in [3.8, 4) is 0 Å². The fourth-order valence-electron chi connectivity index (χ4n) is 4.16. The van der Waals surface area contributed by atoms with E-state index >= 15 is 0 Å². The maximum absolute atomic E-state index is 13.4. The zero-order chi connectivity index (χ0) is 32.3. The highest BCUT2D eigenvalue weighted by Gasteiger charge is 2.24. The number of anilines is 2. The van der Waals surface area contributed by atoms with Gasteiger partial charge in [-0.05, 0) is 65.4 Å². The lowest BCUT2D eigenvalue weighted by atomic mass is 10.1. The molecule has 0 fully saturated rings. The molecule has 46 heavy (non-hydrogen) atoms. The Morgan fingerprint density at radius 3 is 2.24 bits per heavy atom. The second kappa shape index (κ2) is 16.2. The Balaban J connectivity index is 1.32. The van der Waals surface area contributed by atoms with E-state index in [1.165, 1.54) is 29.6 Å². The largest absolute Gasteiger partial charge is 0.321 e. The van der Waals surface area contributed by atoms with Crippen molar-refractivity contribution < 1.29 is 14.4 Å². The lowest BCUT2D eigenvalue weighted by molar-refractivity contribution is -0.116. The molecule has 0 radical (unpaired) electrons. The number of carbonyl (C=O) groups is 3. The van der Waals surface area contributed by atoms with E-state index in [1.54, 1.807) is 66.7 Å². The zero-order valence-electron chi connectivity index (χ0n) is 24.5. The minimum atomic E-state index is -0.564. The lowest BCUT2D eigenvalue weighted by Crippen LogP contribution is -2.30. The molecule has 1 atom stereocenters. The van der Waals surface area contributed by atoms with Crippen molar-refractivity contribution in [3.05, 3.63) is 137 Å². The van der Waals surface area contributed by atoms with Crippen molar-refractivity contribution in [1.29, 1.82) is 0 Å². The maximum atomic E-state index is 13.4. The van der Waals surface area contributed by atoms with Gasteiger partial charge in [0.2, 0.25) is 16.2 Å². The molecule has 8 nitrogen and oxygen atoms in total. The molecule has 1 aromatic heterocycles. The van der Waals surface area contributed by atoms with Gasteiger partial charge in [0, 0.05) is 32.7 Å². The molecule has 0 aliphatic heterocycles. The fourth-order valence-corrected chi connectivity index (χ4v) is 6.65. The summed E-state index contributed by atoms with van der Waals surface area (Å²) < 4.78 is 4.28.